The van der Waals surface area contributed by atoms with Gasteiger partial charge in [-0.15, -0.1) is 4.40 Å². The van der Waals surface area contributed by atoms with Crippen molar-refractivity contribution in [1.29, 1.82) is 0 Å². The molecule has 0 aromatic heterocycles. The molecule has 0 unspecified atom stereocenters. The number of benzene rings is 1. The summed E-state index contributed by atoms with van der Waals surface area (Å²) in [6.07, 6.45) is 1.01. The van der Waals surface area contributed by atoms with Gasteiger partial charge in [0.2, 0.25) is 0 Å². The fourth-order valence-corrected chi connectivity index (χ4v) is 4.30. The molecule has 0 saturated heterocycles. The summed E-state index contributed by atoms with van der Waals surface area (Å²) >= 11 is 7.24. The third kappa shape index (κ3) is 3.64. The lowest BCUT2D eigenvalue weighted by Gasteiger charge is -2.18. The summed E-state index contributed by atoms with van der Waals surface area (Å²) in [5.74, 6) is 1.42. The molecule has 0 saturated carbocycles. The Kier molecular flexibility index (Phi) is 4.43. The Labute approximate surface area is 122 Å². The first-order chi connectivity index (χ1) is 8.88. The maximum atomic E-state index is 12.0. The van der Waals surface area contributed by atoms with Crippen molar-refractivity contribution in [2.24, 2.45) is 10.3 Å². The van der Waals surface area contributed by atoms with Gasteiger partial charge < -0.3 is 5.32 Å². The quantitative estimate of drug-likeness (QED) is 0.925. The highest BCUT2D eigenvalue weighted by molar-refractivity contribution is 8.14. The van der Waals surface area contributed by atoms with E-state index in [1.165, 1.54) is 17.8 Å². The minimum absolute atomic E-state index is 0.133. The average molecular weight is 319 g/mol. The van der Waals surface area contributed by atoms with Crippen molar-refractivity contribution in [3.63, 3.8) is 0 Å². The topological polar surface area (TPSA) is 58.5 Å². The van der Waals surface area contributed by atoms with Crippen molar-refractivity contribution in [1.82, 2.24) is 0 Å². The molecule has 0 atom stereocenters. The van der Waals surface area contributed by atoms with E-state index >= 15 is 0 Å². The number of hydrogen-bond donors (Lipinski definition) is 1. The zero-order chi connectivity index (χ0) is 14.0. The van der Waals surface area contributed by atoms with Crippen molar-refractivity contribution >= 4 is 44.2 Å². The number of fused-ring (bicyclic) bond motifs is 1. The first-order valence-corrected chi connectivity index (χ1v) is 8.73. The van der Waals surface area contributed by atoms with E-state index in [1.54, 1.807) is 12.1 Å². The van der Waals surface area contributed by atoms with Crippen LogP contribution in [-0.4, -0.2) is 19.3 Å². The average Bonchev–Trinajstić information content (AvgIpc) is 2.29. The summed E-state index contributed by atoms with van der Waals surface area (Å²) in [5, 5.41) is 3.84. The van der Waals surface area contributed by atoms with Crippen LogP contribution >= 0.6 is 23.4 Å². The normalized spacial score (nSPS) is 16.7. The largest absolute Gasteiger partial charge is 0.333 e. The number of amidine groups is 1. The van der Waals surface area contributed by atoms with Crippen LogP contribution in [0, 0.1) is 5.92 Å². The van der Waals surface area contributed by atoms with Crippen molar-refractivity contribution in [2.45, 2.75) is 25.2 Å². The number of halogens is 1. The molecule has 0 amide bonds. The van der Waals surface area contributed by atoms with Crippen LogP contribution in [-0.2, 0) is 10.0 Å². The van der Waals surface area contributed by atoms with Crippen molar-refractivity contribution in [3.8, 4) is 0 Å². The Bertz CT molecular complexity index is 612. The number of nitrogens with one attached hydrogen (secondary N) is 1. The number of rotatable bonds is 3. The summed E-state index contributed by atoms with van der Waals surface area (Å²) in [5.41, 5.74) is 0.534. The summed E-state index contributed by atoms with van der Waals surface area (Å²) in [7, 11) is -3.64. The second kappa shape index (κ2) is 5.73. The monoisotopic (exact) mass is 318 g/mol. The van der Waals surface area contributed by atoms with E-state index in [0.717, 1.165) is 12.2 Å². The van der Waals surface area contributed by atoms with Crippen molar-refractivity contribution in [3.05, 3.63) is 23.2 Å². The van der Waals surface area contributed by atoms with Crippen LogP contribution in [0.25, 0.3) is 0 Å². The molecule has 0 radical (unpaired) electrons. The summed E-state index contributed by atoms with van der Waals surface area (Å²) in [6.45, 7) is 4.26. The summed E-state index contributed by atoms with van der Waals surface area (Å²) in [6, 6.07) is 4.73. The minimum Gasteiger partial charge on any atom is -0.333 e. The molecule has 104 valence electrons. The van der Waals surface area contributed by atoms with E-state index in [9.17, 15) is 8.42 Å². The van der Waals surface area contributed by atoms with Crippen LogP contribution < -0.4 is 5.32 Å². The number of sulfonamides is 1. The van der Waals surface area contributed by atoms with Crippen LogP contribution in [0.1, 0.15) is 20.3 Å². The molecule has 0 aliphatic carbocycles. The standard InChI is InChI=1S/C12H15ClN2O2S2/c1-8(2)5-6-18-12-14-10-4-3-9(13)7-11(10)19(16,17)15-12/h3-4,7-8H,5-6H2,1-2H3,(H,14,15). The van der Waals surface area contributed by atoms with Crippen LogP contribution in [0.4, 0.5) is 5.69 Å². The van der Waals surface area contributed by atoms with Gasteiger partial charge >= 0.3 is 0 Å². The van der Waals surface area contributed by atoms with Crippen molar-refractivity contribution in [2.75, 3.05) is 11.1 Å². The fraction of sp³-hybridized carbons (Fsp3) is 0.417. The lowest BCUT2D eigenvalue weighted by atomic mass is 10.2. The Morgan fingerprint density at radius 3 is 2.84 bits per heavy atom. The van der Waals surface area contributed by atoms with E-state index < -0.39 is 10.0 Å². The van der Waals surface area contributed by atoms with Gasteiger partial charge in [-0.1, -0.05) is 37.2 Å². The molecule has 19 heavy (non-hydrogen) atoms. The highest BCUT2D eigenvalue weighted by Crippen LogP contribution is 2.31. The molecule has 0 fully saturated rings. The van der Waals surface area contributed by atoms with Gasteiger partial charge in [0.1, 0.15) is 4.90 Å². The van der Waals surface area contributed by atoms with E-state index in [-0.39, 0.29) is 4.90 Å². The van der Waals surface area contributed by atoms with Gasteiger partial charge in [0.05, 0.1) is 5.69 Å². The number of hydrogen-bond acceptors (Lipinski definition) is 4. The highest BCUT2D eigenvalue weighted by atomic mass is 35.5. The molecule has 7 heteroatoms. The first kappa shape index (κ1) is 14.7. The molecule has 1 heterocycles. The van der Waals surface area contributed by atoms with Gasteiger partial charge in [-0.2, -0.15) is 8.42 Å². The molecule has 0 spiro atoms. The lowest BCUT2D eigenvalue weighted by Crippen LogP contribution is -2.19. The predicted molar refractivity (Wildman–Crippen MR) is 81.6 cm³/mol. The van der Waals surface area contributed by atoms with E-state index in [4.69, 9.17) is 11.6 Å². The molecule has 1 N–H and O–H groups in total. The lowest BCUT2D eigenvalue weighted by molar-refractivity contribution is 0.598. The third-order valence-corrected chi connectivity index (χ3v) is 5.17. The fourth-order valence-electron chi connectivity index (χ4n) is 1.56. The van der Waals surface area contributed by atoms with Gasteiger partial charge in [-0.25, -0.2) is 0 Å². The molecule has 4 nitrogen and oxygen atoms in total. The smallest absolute Gasteiger partial charge is 0.286 e. The second-order valence-electron chi connectivity index (χ2n) is 4.67. The van der Waals surface area contributed by atoms with E-state index in [2.05, 4.69) is 23.6 Å². The SMILES string of the molecule is CC(C)CCSC1=NS(=O)(=O)c2cc(Cl)ccc2N1. The molecule has 1 aliphatic rings. The van der Waals surface area contributed by atoms with Crippen LogP contribution in [0.3, 0.4) is 0 Å². The van der Waals surface area contributed by atoms with Gasteiger partial charge in [0.15, 0.2) is 5.17 Å². The minimum atomic E-state index is -3.64. The van der Waals surface area contributed by atoms with Gasteiger partial charge in [-0.3, -0.25) is 0 Å². The first-order valence-electron chi connectivity index (χ1n) is 5.93. The predicted octanol–water partition coefficient (Wildman–Crippen LogP) is 3.59. The molecule has 1 aromatic carbocycles. The zero-order valence-electron chi connectivity index (χ0n) is 10.7. The van der Waals surface area contributed by atoms with Gasteiger partial charge in [-0.05, 0) is 30.5 Å². The molecule has 0 bridgehead atoms. The third-order valence-electron chi connectivity index (χ3n) is 2.60. The number of nitrogens with zero attached hydrogens (tertiary/aromatic N) is 1. The van der Waals surface area contributed by atoms with Crippen molar-refractivity contribution < 1.29 is 8.42 Å². The Hall–Kier alpha value is -0.720. The molecule has 2 rings (SSSR count). The summed E-state index contributed by atoms with van der Waals surface area (Å²) < 4.78 is 27.8. The van der Waals surface area contributed by atoms with Crippen LogP contribution in [0.15, 0.2) is 27.5 Å². The maximum Gasteiger partial charge on any atom is 0.286 e. The Morgan fingerprint density at radius 2 is 2.16 bits per heavy atom. The highest BCUT2D eigenvalue weighted by Gasteiger charge is 2.25. The molecule has 1 aliphatic heterocycles. The Morgan fingerprint density at radius 1 is 1.42 bits per heavy atom. The zero-order valence-corrected chi connectivity index (χ0v) is 13.1. The summed E-state index contributed by atoms with van der Waals surface area (Å²) in [4.78, 5) is 0.133. The van der Waals surface area contributed by atoms with E-state index in [1.807, 2.05) is 0 Å². The van der Waals surface area contributed by atoms with Crippen LogP contribution in [0.2, 0.25) is 5.02 Å². The molecule has 1 aromatic rings. The second-order valence-corrected chi connectivity index (χ2v) is 7.76. The van der Waals surface area contributed by atoms with Crippen LogP contribution in [0.5, 0.6) is 0 Å². The maximum absolute atomic E-state index is 12.0. The molecular weight excluding hydrogens is 304 g/mol. The number of thioether (sulfide) groups is 1. The molecular formula is C12H15ClN2O2S2. The Balaban J connectivity index is 2.20. The van der Waals surface area contributed by atoms with Gasteiger partial charge in [0, 0.05) is 10.8 Å². The van der Waals surface area contributed by atoms with Gasteiger partial charge in [0.25, 0.3) is 10.0 Å². The number of anilines is 1. The van der Waals surface area contributed by atoms with E-state index in [0.29, 0.717) is 21.8 Å².